The lowest BCUT2D eigenvalue weighted by Gasteiger charge is -2.38. The molecule has 0 bridgehead atoms. The van der Waals surface area contributed by atoms with Crippen molar-refractivity contribution in [1.82, 2.24) is 24.5 Å². The number of carbonyl (C=O) groups excluding carboxylic acids is 1. The van der Waals surface area contributed by atoms with Gasteiger partial charge in [0.2, 0.25) is 0 Å². The second-order valence-corrected chi connectivity index (χ2v) is 16.1. The van der Waals surface area contributed by atoms with Crippen LogP contribution in [0.5, 0.6) is 0 Å². The van der Waals surface area contributed by atoms with Crippen LogP contribution in [0.3, 0.4) is 0 Å². The number of aryl methyl sites for hydroxylation is 1. The second-order valence-electron chi connectivity index (χ2n) is 15.6. The number of aldehydes is 1. The van der Waals surface area contributed by atoms with Crippen LogP contribution in [0, 0.1) is 5.41 Å². The summed E-state index contributed by atoms with van der Waals surface area (Å²) in [5.74, 6) is 0.511. The molecule has 1 unspecified atom stereocenters. The van der Waals surface area contributed by atoms with Crippen molar-refractivity contribution in [2.24, 2.45) is 0 Å². The van der Waals surface area contributed by atoms with Gasteiger partial charge in [0, 0.05) is 58.3 Å². The van der Waals surface area contributed by atoms with Gasteiger partial charge in [-0.25, -0.2) is 0 Å². The SMILES string of the molecule is C=CC(CCC=O)n1nc(C2(C)CCN(CCCCCCn3cc(-c4ccc(N(CCC)C(C)=N)c(C(=C)c5ccc(Cl)cc5)c4)cn3)CC2)c2ccccc21. The number of hydrogen-bond acceptors (Lipinski definition) is 5. The summed E-state index contributed by atoms with van der Waals surface area (Å²) in [5.41, 5.74) is 8.38. The van der Waals surface area contributed by atoms with E-state index in [4.69, 9.17) is 27.2 Å². The molecule has 1 saturated heterocycles. The summed E-state index contributed by atoms with van der Waals surface area (Å²) in [7, 11) is 0. The standard InChI is InChI=1S/C47H58ClN7O/c1-6-26-54(36(4)49)44-23-20-38(32-43(44)35(3)37-18-21-40(48)22-19-37)39-33-50-53(34-39)28-13-9-8-12-27-52-29-24-47(5,25-30-52)46-42-16-10-11-17-45(42)55(51-46)41(7-2)15-14-31-56/h7,10-11,16-23,31-34,41,49H,2-3,6,8-9,12-15,24-30H2,1,4-5H3. The summed E-state index contributed by atoms with van der Waals surface area (Å²) in [4.78, 5) is 15.8. The Morgan fingerprint density at radius 1 is 1.02 bits per heavy atom. The van der Waals surface area contributed by atoms with Gasteiger partial charge in [-0.15, -0.1) is 6.58 Å². The molecule has 1 atom stereocenters. The summed E-state index contributed by atoms with van der Waals surface area (Å²) >= 11 is 6.20. The molecular weight excluding hydrogens is 714 g/mol. The first-order valence-electron chi connectivity index (χ1n) is 20.4. The molecule has 8 nitrogen and oxygen atoms in total. The lowest BCUT2D eigenvalue weighted by molar-refractivity contribution is -0.108. The topological polar surface area (TPSA) is 83.0 Å². The van der Waals surface area contributed by atoms with Crippen molar-refractivity contribution in [2.75, 3.05) is 31.1 Å². The van der Waals surface area contributed by atoms with Crippen LogP contribution in [0.2, 0.25) is 5.02 Å². The molecule has 3 aromatic carbocycles. The third-order valence-electron chi connectivity index (χ3n) is 11.5. The molecule has 0 amide bonds. The smallest absolute Gasteiger partial charge is 0.120 e. The maximum absolute atomic E-state index is 11.1. The predicted octanol–water partition coefficient (Wildman–Crippen LogP) is 11.1. The third-order valence-corrected chi connectivity index (χ3v) is 11.8. The number of rotatable bonds is 19. The normalized spacial score (nSPS) is 14.8. The lowest BCUT2D eigenvalue weighted by Crippen LogP contribution is -2.41. The number of anilines is 1. The van der Waals surface area contributed by atoms with Crippen LogP contribution >= 0.6 is 11.6 Å². The van der Waals surface area contributed by atoms with Gasteiger partial charge in [0.25, 0.3) is 0 Å². The van der Waals surface area contributed by atoms with Crippen LogP contribution in [0.25, 0.3) is 27.6 Å². The Morgan fingerprint density at radius 2 is 1.75 bits per heavy atom. The minimum absolute atomic E-state index is 0.0100. The van der Waals surface area contributed by atoms with Gasteiger partial charge < -0.3 is 14.6 Å². The number of piperidine rings is 1. The number of likely N-dealkylation sites (tertiary alicyclic amines) is 1. The highest BCUT2D eigenvalue weighted by atomic mass is 35.5. The van der Waals surface area contributed by atoms with E-state index in [-0.39, 0.29) is 11.5 Å². The van der Waals surface area contributed by atoms with Crippen molar-refractivity contribution in [1.29, 1.82) is 5.41 Å². The Morgan fingerprint density at radius 3 is 2.45 bits per heavy atom. The van der Waals surface area contributed by atoms with E-state index < -0.39 is 0 Å². The van der Waals surface area contributed by atoms with E-state index in [0.29, 0.717) is 17.3 Å². The maximum Gasteiger partial charge on any atom is 0.120 e. The Kier molecular flexibility index (Phi) is 13.8. The van der Waals surface area contributed by atoms with E-state index in [1.807, 2.05) is 43.5 Å². The van der Waals surface area contributed by atoms with Crippen LogP contribution in [-0.4, -0.2) is 62.8 Å². The van der Waals surface area contributed by atoms with E-state index in [9.17, 15) is 4.79 Å². The molecule has 5 aromatic rings. The van der Waals surface area contributed by atoms with Gasteiger partial charge in [0.1, 0.15) is 6.29 Å². The number of fused-ring (bicyclic) bond motifs is 1. The Bertz CT molecular complexity index is 2120. The van der Waals surface area contributed by atoms with Crippen molar-refractivity contribution < 1.29 is 4.79 Å². The number of aromatic nitrogens is 4. The highest BCUT2D eigenvalue weighted by Gasteiger charge is 2.36. The van der Waals surface area contributed by atoms with Crippen LogP contribution < -0.4 is 4.90 Å². The summed E-state index contributed by atoms with van der Waals surface area (Å²) in [6, 6.07) is 22.8. The highest BCUT2D eigenvalue weighted by molar-refractivity contribution is 6.30. The first-order valence-corrected chi connectivity index (χ1v) is 20.7. The van der Waals surface area contributed by atoms with E-state index in [2.05, 4.69) is 94.8 Å². The second kappa shape index (κ2) is 18.9. The molecular formula is C47H58ClN7O. The Labute approximate surface area is 338 Å². The van der Waals surface area contributed by atoms with Crippen molar-refractivity contribution in [3.8, 4) is 11.1 Å². The monoisotopic (exact) mass is 771 g/mol. The molecule has 0 saturated carbocycles. The predicted molar refractivity (Wildman–Crippen MR) is 234 cm³/mol. The van der Waals surface area contributed by atoms with Crippen molar-refractivity contribution in [2.45, 2.75) is 96.6 Å². The third kappa shape index (κ3) is 9.42. The molecule has 1 aliphatic heterocycles. The lowest BCUT2D eigenvalue weighted by atomic mass is 9.76. The molecule has 0 radical (unpaired) electrons. The van der Waals surface area contributed by atoms with E-state index >= 15 is 0 Å². The molecule has 2 aromatic heterocycles. The number of carbonyl (C=O) groups is 1. The van der Waals surface area contributed by atoms with Gasteiger partial charge in [-0.2, -0.15) is 10.2 Å². The van der Waals surface area contributed by atoms with Gasteiger partial charge >= 0.3 is 0 Å². The van der Waals surface area contributed by atoms with Crippen LogP contribution in [-0.2, 0) is 16.8 Å². The number of nitrogens with zero attached hydrogens (tertiary/aromatic N) is 6. The number of nitrogens with one attached hydrogen (secondary N) is 1. The highest BCUT2D eigenvalue weighted by Crippen LogP contribution is 2.40. The number of hydrogen-bond donors (Lipinski definition) is 1. The fraction of sp³-hybridized carbons (Fsp3) is 0.404. The Balaban J connectivity index is 1.00. The zero-order chi connectivity index (χ0) is 39.7. The molecule has 0 aliphatic carbocycles. The fourth-order valence-corrected chi connectivity index (χ4v) is 8.29. The van der Waals surface area contributed by atoms with E-state index in [0.717, 1.165) is 110 Å². The molecule has 56 heavy (non-hydrogen) atoms. The zero-order valence-electron chi connectivity index (χ0n) is 33.5. The summed E-state index contributed by atoms with van der Waals surface area (Å²) in [6.07, 6.45) is 16.0. The average molecular weight is 772 g/mol. The van der Waals surface area contributed by atoms with Crippen molar-refractivity contribution in [3.05, 3.63) is 120 Å². The maximum atomic E-state index is 11.1. The fourth-order valence-electron chi connectivity index (χ4n) is 8.16. The van der Waals surface area contributed by atoms with Crippen molar-refractivity contribution in [3.63, 3.8) is 0 Å². The molecule has 1 fully saturated rings. The molecule has 294 valence electrons. The average Bonchev–Trinajstić information content (AvgIpc) is 3.85. The van der Waals surface area contributed by atoms with Crippen LogP contribution in [0.1, 0.15) is 101 Å². The largest absolute Gasteiger partial charge is 0.330 e. The quantitative estimate of drug-likeness (QED) is 0.0297. The molecule has 1 N–H and O–H groups in total. The van der Waals surface area contributed by atoms with Crippen LogP contribution in [0.4, 0.5) is 5.69 Å². The van der Waals surface area contributed by atoms with Crippen molar-refractivity contribution >= 4 is 45.9 Å². The van der Waals surface area contributed by atoms with Gasteiger partial charge in [-0.1, -0.05) is 87.3 Å². The number of unbranched alkanes of at least 4 members (excludes halogenated alkanes) is 3. The first kappa shape index (κ1) is 40.9. The number of halogens is 1. The van der Waals surface area contributed by atoms with Gasteiger partial charge in [0.15, 0.2) is 0 Å². The number of para-hydroxylation sites is 1. The molecule has 0 spiro atoms. The van der Waals surface area contributed by atoms with E-state index in [1.54, 1.807) is 0 Å². The molecule has 3 heterocycles. The minimum Gasteiger partial charge on any atom is -0.330 e. The zero-order valence-corrected chi connectivity index (χ0v) is 34.3. The molecule has 6 rings (SSSR count). The summed E-state index contributed by atoms with van der Waals surface area (Å²) in [5, 5.41) is 20.3. The van der Waals surface area contributed by atoms with Crippen LogP contribution in [0.15, 0.2) is 98.4 Å². The number of allylic oxidation sites excluding steroid dienone is 1. The number of benzene rings is 3. The van der Waals surface area contributed by atoms with Gasteiger partial charge in [0.05, 0.1) is 29.3 Å². The summed E-state index contributed by atoms with van der Waals surface area (Å²) < 4.78 is 4.16. The first-order chi connectivity index (χ1) is 27.1. The Hall–Kier alpha value is -4.79. The molecule has 9 heteroatoms. The molecule has 1 aliphatic rings. The van der Waals surface area contributed by atoms with E-state index in [1.165, 1.54) is 30.3 Å². The minimum atomic E-state index is 0.0100. The van der Waals surface area contributed by atoms with Gasteiger partial charge in [-0.05, 0) is 112 Å². The summed E-state index contributed by atoms with van der Waals surface area (Å²) in [6.45, 7) is 19.8. The van der Waals surface area contributed by atoms with Gasteiger partial charge in [-0.3, -0.25) is 14.8 Å². The number of amidine groups is 1.